The quantitative estimate of drug-likeness (QED) is 0.708. The summed E-state index contributed by atoms with van der Waals surface area (Å²) in [5, 5.41) is 3.56. The fourth-order valence-corrected chi connectivity index (χ4v) is 3.80. The molecule has 0 aromatic heterocycles. The van der Waals surface area contributed by atoms with Gasteiger partial charge in [0.15, 0.2) is 5.79 Å². The summed E-state index contributed by atoms with van der Waals surface area (Å²) in [7, 11) is 0. The van der Waals surface area contributed by atoms with Crippen molar-refractivity contribution in [3.63, 3.8) is 0 Å². The van der Waals surface area contributed by atoms with Crippen molar-refractivity contribution in [1.29, 1.82) is 0 Å². The van der Waals surface area contributed by atoms with E-state index >= 15 is 0 Å². The molecule has 1 aromatic rings. The summed E-state index contributed by atoms with van der Waals surface area (Å²) in [4.78, 5) is 0. The van der Waals surface area contributed by atoms with E-state index in [2.05, 4.69) is 29.6 Å². The van der Waals surface area contributed by atoms with Crippen LogP contribution >= 0.6 is 24.0 Å². The Kier molecular flexibility index (Phi) is 3.52. The topological polar surface area (TPSA) is 30.5 Å². The van der Waals surface area contributed by atoms with Gasteiger partial charge in [0.25, 0.3) is 0 Å². The molecule has 2 fully saturated rings. The molecule has 2 heterocycles. The Bertz CT molecular complexity index is 461. The number of anilines is 1. The molecule has 1 saturated heterocycles. The normalized spacial score (nSPS) is 25.9. The average Bonchev–Trinajstić information content (AvgIpc) is 3.01. The van der Waals surface area contributed by atoms with Gasteiger partial charge in [0.05, 0.1) is 13.2 Å². The van der Waals surface area contributed by atoms with Gasteiger partial charge in [-0.1, -0.05) is 18.2 Å². The summed E-state index contributed by atoms with van der Waals surface area (Å²) in [5.41, 5.74) is 3.14. The molecule has 2 aliphatic heterocycles. The maximum atomic E-state index is 5.83. The van der Waals surface area contributed by atoms with E-state index in [4.69, 9.17) is 9.47 Å². The number of hydrogen-bond acceptors (Lipinski definition) is 3. The molecule has 4 rings (SSSR count). The van der Waals surface area contributed by atoms with Crippen molar-refractivity contribution in [2.45, 2.75) is 36.9 Å². The number of para-hydroxylation sites is 1. The molecule has 1 aromatic carbocycles. The Morgan fingerprint density at radius 2 is 1.63 bits per heavy atom. The molecular formula is C15H20INO2. The van der Waals surface area contributed by atoms with E-state index in [1.807, 2.05) is 0 Å². The van der Waals surface area contributed by atoms with Gasteiger partial charge in [0.1, 0.15) is 0 Å². The number of benzene rings is 1. The Labute approximate surface area is 131 Å². The molecule has 19 heavy (non-hydrogen) atoms. The fourth-order valence-electron chi connectivity index (χ4n) is 3.80. The first kappa shape index (κ1) is 13.6. The Morgan fingerprint density at radius 3 is 2.37 bits per heavy atom. The van der Waals surface area contributed by atoms with E-state index in [0.717, 1.165) is 45.4 Å². The summed E-state index contributed by atoms with van der Waals surface area (Å²) in [6.07, 6.45) is 4.39. The number of hydrogen-bond donors (Lipinski definition) is 1. The van der Waals surface area contributed by atoms with Crippen molar-refractivity contribution >= 4 is 29.7 Å². The van der Waals surface area contributed by atoms with Crippen molar-refractivity contribution in [3.05, 3.63) is 29.8 Å². The fraction of sp³-hybridized carbons (Fsp3) is 0.600. The lowest BCUT2D eigenvalue weighted by Gasteiger charge is -2.41. The second-order valence-electron chi connectivity index (χ2n) is 5.79. The van der Waals surface area contributed by atoms with Gasteiger partial charge >= 0.3 is 0 Å². The standard InChI is InChI=1S/C15H19NO2.HI/c1-2-4-13-12(3-1)14(11-16-13)5-7-15(8-6-14)17-9-10-18-15;/h1-4,16H,5-11H2;1H. The number of rotatable bonds is 0. The molecule has 0 amide bonds. The van der Waals surface area contributed by atoms with Crippen LogP contribution in [-0.2, 0) is 14.9 Å². The number of nitrogens with one attached hydrogen (secondary N) is 1. The van der Waals surface area contributed by atoms with Gasteiger partial charge in [-0.15, -0.1) is 24.0 Å². The largest absolute Gasteiger partial charge is 0.384 e. The van der Waals surface area contributed by atoms with Gasteiger partial charge in [-0.3, -0.25) is 0 Å². The van der Waals surface area contributed by atoms with Crippen LogP contribution in [0.15, 0.2) is 24.3 Å². The highest BCUT2D eigenvalue weighted by atomic mass is 127. The highest BCUT2D eigenvalue weighted by molar-refractivity contribution is 14.0. The van der Waals surface area contributed by atoms with Crippen molar-refractivity contribution in [1.82, 2.24) is 0 Å². The summed E-state index contributed by atoms with van der Waals surface area (Å²) in [5.74, 6) is -0.247. The monoisotopic (exact) mass is 373 g/mol. The van der Waals surface area contributed by atoms with Gasteiger partial charge in [-0.25, -0.2) is 0 Å². The Balaban J connectivity index is 0.00000110. The molecule has 0 atom stereocenters. The first-order valence-corrected chi connectivity index (χ1v) is 6.93. The van der Waals surface area contributed by atoms with E-state index in [-0.39, 0.29) is 29.8 Å². The SMILES string of the molecule is I.c1ccc2c(c1)NCC21CCC2(CC1)OCCO2. The minimum atomic E-state index is -0.247. The number of ether oxygens (including phenoxy) is 2. The Morgan fingerprint density at radius 1 is 0.947 bits per heavy atom. The Hall–Kier alpha value is -0.330. The molecule has 3 nitrogen and oxygen atoms in total. The first-order valence-electron chi connectivity index (χ1n) is 6.93. The maximum Gasteiger partial charge on any atom is 0.168 e. The minimum absolute atomic E-state index is 0. The summed E-state index contributed by atoms with van der Waals surface area (Å²) in [6, 6.07) is 8.74. The van der Waals surface area contributed by atoms with Crippen LogP contribution in [0.3, 0.4) is 0 Å². The predicted molar refractivity (Wildman–Crippen MR) is 85.1 cm³/mol. The van der Waals surface area contributed by atoms with E-state index < -0.39 is 0 Å². The van der Waals surface area contributed by atoms with Crippen LogP contribution in [0.4, 0.5) is 5.69 Å². The van der Waals surface area contributed by atoms with Crippen molar-refractivity contribution in [3.8, 4) is 0 Å². The molecule has 0 bridgehead atoms. The van der Waals surface area contributed by atoms with E-state index in [1.165, 1.54) is 11.3 Å². The third kappa shape index (κ3) is 2.08. The molecule has 3 aliphatic rings. The molecule has 4 heteroatoms. The van der Waals surface area contributed by atoms with E-state index in [9.17, 15) is 0 Å². The van der Waals surface area contributed by atoms with Crippen molar-refractivity contribution in [2.24, 2.45) is 0 Å². The van der Waals surface area contributed by atoms with Crippen LogP contribution in [0.2, 0.25) is 0 Å². The van der Waals surface area contributed by atoms with Crippen LogP contribution in [0.25, 0.3) is 0 Å². The molecule has 104 valence electrons. The van der Waals surface area contributed by atoms with Gasteiger partial charge in [0, 0.05) is 30.5 Å². The zero-order valence-electron chi connectivity index (χ0n) is 11.0. The highest BCUT2D eigenvalue weighted by Crippen LogP contribution is 2.50. The summed E-state index contributed by atoms with van der Waals surface area (Å²) >= 11 is 0. The van der Waals surface area contributed by atoms with Gasteiger partial charge in [0.2, 0.25) is 0 Å². The first-order chi connectivity index (χ1) is 8.82. The summed E-state index contributed by atoms with van der Waals surface area (Å²) < 4.78 is 11.7. The smallest absolute Gasteiger partial charge is 0.168 e. The molecule has 2 spiro atoms. The zero-order valence-corrected chi connectivity index (χ0v) is 13.3. The lowest BCUT2D eigenvalue weighted by molar-refractivity contribution is -0.184. The molecule has 1 aliphatic carbocycles. The predicted octanol–water partition coefficient (Wildman–Crippen LogP) is 3.29. The number of fused-ring (bicyclic) bond motifs is 2. The maximum absolute atomic E-state index is 5.83. The van der Waals surface area contributed by atoms with Crippen LogP contribution in [0, 0.1) is 0 Å². The van der Waals surface area contributed by atoms with Crippen molar-refractivity contribution in [2.75, 3.05) is 25.1 Å². The van der Waals surface area contributed by atoms with Crippen molar-refractivity contribution < 1.29 is 9.47 Å². The molecule has 0 unspecified atom stereocenters. The third-order valence-corrected chi connectivity index (χ3v) is 4.90. The lowest BCUT2D eigenvalue weighted by Crippen LogP contribution is -2.43. The summed E-state index contributed by atoms with van der Waals surface area (Å²) in [6.45, 7) is 2.60. The number of halogens is 1. The lowest BCUT2D eigenvalue weighted by atomic mass is 9.69. The average molecular weight is 373 g/mol. The van der Waals surface area contributed by atoms with E-state index in [1.54, 1.807) is 0 Å². The second kappa shape index (κ2) is 4.90. The van der Waals surface area contributed by atoms with E-state index in [0.29, 0.717) is 5.41 Å². The van der Waals surface area contributed by atoms with Gasteiger partial charge in [-0.05, 0) is 24.5 Å². The minimum Gasteiger partial charge on any atom is -0.384 e. The van der Waals surface area contributed by atoms with Crippen LogP contribution in [0.5, 0.6) is 0 Å². The molecule has 1 N–H and O–H groups in total. The zero-order chi connectivity index (χ0) is 12.1. The molecule has 1 saturated carbocycles. The third-order valence-electron chi connectivity index (χ3n) is 4.90. The van der Waals surface area contributed by atoms with Gasteiger partial charge in [-0.2, -0.15) is 0 Å². The molecule has 0 radical (unpaired) electrons. The molecular weight excluding hydrogens is 353 g/mol. The second-order valence-corrected chi connectivity index (χ2v) is 5.79. The highest BCUT2D eigenvalue weighted by Gasteiger charge is 2.49. The van der Waals surface area contributed by atoms with Gasteiger partial charge < -0.3 is 14.8 Å². The van der Waals surface area contributed by atoms with Crippen LogP contribution in [-0.4, -0.2) is 25.5 Å². The van der Waals surface area contributed by atoms with Crippen LogP contribution < -0.4 is 5.32 Å². The van der Waals surface area contributed by atoms with Crippen LogP contribution in [0.1, 0.15) is 31.2 Å².